The number of aliphatic hydroxyl groups excluding tert-OH is 1. The lowest BCUT2D eigenvalue weighted by Gasteiger charge is -2.34. The molecule has 1 unspecified atom stereocenters. The molecule has 0 radical (unpaired) electrons. The number of fused-ring (bicyclic) bond motifs is 1. The molecule has 4 rings (SSSR count). The molecule has 0 bridgehead atoms. The summed E-state index contributed by atoms with van der Waals surface area (Å²) < 4.78 is 13.8. The van der Waals surface area contributed by atoms with Crippen LogP contribution in [-0.2, 0) is 9.59 Å². The van der Waals surface area contributed by atoms with Crippen LogP contribution in [0.1, 0.15) is 43.9 Å². The van der Waals surface area contributed by atoms with E-state index >= 15 is 0 Å². The Balaban J connectivity index is 0.000000269. The predicted octanol–water partition coefficient (Wildman–Crippen LogP) is 0.711. The number of imide groups is 2. The van der Waals surface area contributed by atoms with E-state index in [9.17, 15) is 28.4 Å². The fourth-order valence-corrected chi connectivity index (χ4v) is 3.43. The maximum Gasteiger partial charge on any atom is 0.337 e. The van der Waals surface area contributed by atoms with Crippen LogP contribution in [0.4, 0.5) is 4.39 Å². The van der Waals surface area contributed by atoms with Crippen LogP contribution >= 0.6 is 0 Å². The Morgan fingerprint density at radius 1 is 1.12 bits per heavy atom. The van der Waals surface area contributed by atoms with Crippen molar-refractivity contribution in [2.45, 2.75) is 18.9 Å². The molecule has 1 aromatic carbocycles. The number of halogens is 1. The zero-order chi connectivity index (χ0) is 23.4. The number of carbonyl (C=O) groups excluding carboxylic acids is 4. The first-order valence-corrected chi connectivity index (χ1v) is 9.52. The average molecular weight is 443 g/mol. The zero-order valence-corrected chi connectivity index (χ0v) is 16.6. The fraction of sp³-hybridized carbons (Fsp3) is 0.238. The summed E-state index contributed by atoms with van der Waals surface area (Å²) in [5.74, 6) is -4.59. The summed E-state index contributed by atoms with van der Waals surface area (Å²) in [6, 6.07) is 5.62. The van der Waals surface area contributed by atoms with Crippen LogP contribution in [0.3, 0.4) is 0 Å². The molecular weight excluding hydrogens is 425 g/mol. The topological polar surface area (TPSA) is 145 Å². The standard InChI is InChI=1S/C15H13FN2O5.C6H5NO2/c16-9-3-1-2-8-12(9)15(23)18(13(8)21)10-4-5-11(20)17(6-7-19)14(10)22;8-6(9)5-2-1-3-7-4-5/h1-3,10,19H,4-7H2;1-4H,(H,8,9). The highest BCUT2D eigenvalue weighted by molar-refractivity contribution is 6.23. The number of likely N-dealkylation sites (tertiary alicyclic amines) is 1. The molecule has 166 valence electrons. The molecule has 10 nitrogen and oxygen atoms in total. The molecule has 3 heterocycles. The molecule has 1 saturated heterocycles. The van der Waals surface area contributed by atoms with E-state index < -0.39 is 48.1 Å². The minimum Gasteiger partial charge on any atom is -0.478 e. The predicted molar refractivity (Wildman–Crippen MR) is 105 cm³/mol. The summed E-state index contributed by atoms with van der Waals surface area (Å²) in [6.07, 6.45) is 2.80. The number of rotatable bonds is 4. The number of hydrogen-bond acceptors (Lipinski definition) is 7. The number of aliphatic hydroxyl groups is 1. The Morgan fingerprint density at radius 3 is 2.44 bits per heavy atom. The molecule has 2 aliphatic heterocycles. The van der Waals surface area contributed by atoms with Crippen molar-refractivity contribution in [2.75, 3.05) is 13.2 Å². The smallest absolute Gasteiger partial charge is 0.337 e. The van der Waals surface area contributed by atoms with E-state index in [2.05, 4.69) is 4.98 Å². The number of hydrogen-bond donors (Lipinski definition) is 2. The molecule has 2 aromatic rings. The van der Waals surface area contributed by atoms with Crippen LogP contribution in [0.5, 0.6) is 0 Å². The van der Waals surface area contributed by atoms with Crippen molar-refractivity contribution in [3.8, 4) is 0 Å². The molecule has 2 aliphatic rings. The van der Waals surface area contributed by atoms with E-state index in [1.54, 1.807) is 6.07 Å². The summed E-state index contributed by atoms with van der Waals surface area (Å²) in [5.41, 5.74) is -0.221. The van der Waals surface area contributed by atoms with Crippen molar-refractivity contribution >= 4 is 29.6 Å². The van der Waals surface area contributed by atoms with Gasteiger partial charge in [0, 0.05) is 18.8 Å². The summed E-state index contributed by atoms with van der Waals surface area (Å²) in [5, 5.41) is 17.3. The maximum absolute atomic E-state index is 13.8. The van der Waals surface area contributed by atoms with Crippen molar-refractivity contribution in [3.63, 3.8) is 0 Å². The second-order valence-corrected chi connectivity index (χ2v) is 6.85. The Kier molecular flexibility index (Phi) is 6.69. The maximum atomic E-state index is 13.8. The average Bonchev–Trinajstić information content (AvgIpc) is 3.04. The van der Waals surface area contributed by atoms with E-state index in [-0.39, 0.29) is 36.1 Å². The Bertz CT molecular complexity index is 1090. The summed E-state index contributed by atoms with van der Waals surface area (Å²) in [4.78, 5) is 64.2. The first kappa shape index (κ1) is 22.7. The number of carboxylic acids is 1. The Hall–Kier alpha value is -3.99. The van der Waals surface area contributed by atoms with Crippen LogP contribution in [-0.4, -0.2) is 73.8 Å². The van der Waals surface area contributed by atoms with Gasteiger partial charge in [-0.3, -0.25) is 34.0 Å². The van der Waals surface area contributed by atoms with Crippen LogP contribution < -0.4 is 0 Å². The van der Waals surface area contributed by atoms with Gasteiger partial charge in [-0.05, 0) is 30.7 Å². The van der Waals surface area contributed by atoms with Gasteiger partial charge in [-0.1, -0.05) is 6.07 Å². The molecule has 0 spiro atoms. The lowest BCUT2D eigenvalue weighted by Crippen LogP contribution is -2.56. The molecule has 2 N–H and O–H groups in total. The first-order chi connectivity index (χ1) is 15.3. The number of β-amino-alcohol motifs (C(OH)–C–C–N with tert-alkyl or cyclic N) is 1. The van der Waals surface area contributed by atoms with Gasteiger partial charge < -0.3 is 10.2 Å². The third-order valence-corrected chi connectivity index (χ3v) is 4.92. The summed E-state index contributed by atoms with van der Waals surface area (Å²) >= 11 is 0. The number of aromatic nitrogens is 1. The van der Waals surface area contributed by atoms with Gasteiger partial charge in [-0.15, -0.1) is 0 Å². The number of nitrogens with zero attached hydrogens (tertiary/aromatic N) is 3. The molecule has 0 aliphatic carbocycles. The monoisotopic (exact) mass is 443 g/mol. The van der Waals surface area contributed by atoms with Crippen LogP contribution in [0, 0.1) is 5.82 Å². The van der Waals surface area contributed by atoms with Gasteiger partial charge in [0.2, 0.25) is 5.91 Å². The van der Waals surface area contributed by atoms with E-state index in [1.807, 2.05) is 0 Å². The highest BCUT2D eigenvalue weighted by atomic mass is 19.1. The second-order valence-electron chi connectivity index (χ2n) is 6.85. The van der Waals surface area contributed by atoms with Crippen molar-refractivity contribution in [3.05, 3.63) is 65.2 Å². The van der Waals surface area contributed by atoms with Gasteiger partial charge in [-0.25, -0.2) is 9.18 Å². The van der Waals surface area contributed by atoms with Gasteiger partial charge in [0.15, 0.2) is 0 Å². The lowest BCUT2D eigenvalue weighted by atomic mass is 10.0. The molecule has 4 amide bonds. The second kappa shape index (κ2) is 9.43. The number of piperidine rings is 1. The molecule has 0 saturated carbocycles. The number of pyridine rings is 1. The Labute approximate surface area is 180 Å². The number of aromatic carboxylic acids is 1. The van der Waals surface area contributed by atoms with Crippen LogP contribution in [0.25, 0.3) is 0 Å². The highest BCUT2D eigenvalue weighted by Gasteiger charge is 2.47. The van der Waals surface area contributed by atoms with Gasteiger partial charge in [0.1, 0.15) is 11.9 Å². The fourth-order valence-electron chi connectivity index (χ4n) is 3.43. The van der Waals surface area contributed by atoms with Gasteiger partial charge in [0.25, 0.3) is 17.7 Å². The van der Waals surface area contributed by atoms with E-state index in [1.165, 1.54) is 30.6 Å². The number of benzene rings is 1. The largest absolute Gasteiger partial charge is 0.478 e. The normalized spacial score (nSPS) is 17.8. The number of amides is 4. The number of carboxylic acid groups (broad SMARTS) is 1. The van der Waals surface area contributed by atoms with Gasteiger partial charge >= 0.3 is 5.97 Å². The molecule has 11 heteroatoms. The summed E-state index contributed by atoms with van der Waals surface area (Å²) in [6.45, 7) is -0.618. The van der Waals surface area contributed by atoms with E-state index in [4.69, 9.17) is 10.2 Å². The van der Waals surface area contributed by atoms with E-state index in [0.29, 0.717) is 4.90 Å². The van der Waals surface area contributed by atoms with Crippen LogP contribution in [0.2, 0.25) is 0 Å². The van der Waals surface area contributed by atoms with Crippen molar-refractivity contribution in [1.82, 2.24) is 14.8 Å². The third kappa shape index (κ3) is 4.23. The van der Waals surface area contributed by atoms with E-state index in [0.717, 1.165) is 11.0 Å². The van der Waals surface area contributed by atoms with Gasteiger partial charge in [0.05, 0.1) is 29.8 Å². The zero-order valence-electron chi connectivity index (χ0n) is 16.6. The molecule has 32 heavy (non-hydrogen) atoms. The van der Waals surface area contributed by atoms with Crippen molar-refractivity contribution < 1.29 is 38.6 Å². The van der Waals surface area contributed by atoms with Crippen LogP contribution in [0.15, 0.2) is 42.7 Å². The lowest BCUT2D eigenvalue weighted by molar-refractivity contribution is -0.152. The quantitative estimate of drug-likeness (QED) is 0.657. The molecule has 1 aromatic heterocycles. The molecule has 1 atom stereocenters. The SMILES string of the molecule is O=C(O)c1cccnc1.O=C1CCC(N2C(=O)c3cccc(F)c3C2=O)C(=O)N1CCO. The molecule has 1 fully saturated rings. The first-order valence-electron chi connectivity index (χ1n) is 9.52. The van der Waals surface area contributed by atoms with Crippen molar-refractivity contribution in [2.24, 2.45) is 0 Å². The number of carbonyl (C=O) groups is 5. The van der Waals surface area contributed by atoms with Gasteiger partial charge in [-0.2, -0.15) is 0 Å². The highest BCUT2D eigenvalue weighted by Crippen LogP contribution is 2.30. The third-order valence-electron chi connectivity index (χ3n) is 4.92. The molecular formula is C21H18FN3O7. The Morgan fingerprint density at radius 2 is 1.88 bits per heavy atom. The minimum atomic E-state index is -1.16. The minimum absolute atomic E-state index is 0.00726. The van der Waals surface area contributed by atoms with Crippen molar-refractivity contribution in [1.29, 1.82) is 0 Å². The summed E-state index contributed by atoms with van der Waals surface area (Å²) in [7, 11) is 0.